The minimum absolute atomic E-state index is 0.0630. The summed E-state index contributed by atoms with van der Waals surface area (Å²) in [7, 11) is -2.33. The van der Waals surface area contributed by atoms with Gasteiger partial charge in [-0.3, -0.25) is 4.79 Å². The topological polar surface area (TPSA) is 84.5 Å². The van der Waals surface area contributed by atoms with Crippen LogP contribution in [0.25, 0.3) is 0 Å². The van der Waals surface area contributed by atoms with Gasteiger partial charge >= 0.3 is 0 Å². The van der Waals surface area contributed by atoms with Gasteiger partial charge in [-0.05, 0) is 68.1 Å². The first-order valence-corrected chi connectivity index (χ1v) is 10.6. The first-order valence-electron chi connectivity index (χ1n) is 9.17. The van der Waals surface area contributed by atoms with Crippen LogP contribution < -0.4 is 14.8 Å². The number of benzene rings is 2. The lowest BCUT2D eigenvalue weighted by atomic mass is 9.97. The zero-order chi connectivity index (χ0) is 21.1. The third-order valence-corrected chi connectivity index (χ3v) is 6.30. The minimum Gasteiger partial charge on any atom is -0.495 e. The second-order valence-electron chi connectivity index (χ2n) is 6.90. The molecule has 0 aromatic heterocycles. The highest BCUT2D eigenvalue weighted by Gasteiger charge is 2.21. The molecule has 2 N–H and O–H groups in total. The molecule has 0 radical (unpaired) electrons. The number of aryl methyl sites for hydroxylation is 3. The van der Waals surface area contributed by atoms with Crippen molar-refractivity contribution in [2.45, 2.75) is 52.0 Å². The standard InChI is InChI=1S/C21H28N2O4S/c1-7-21(24)22-19-12-17(8-9-20(19)27-6)28(25,26)23-16(5)18-11-14(3)13(2)10-15(18)4/h8-12,16,23H,7H2,1-6H3,(H,22,24)/t16-/m1/s1. The van der Waals surface area contributed by atoms with Gasteiger partial charge in [0.15, 0.2) is 0 Å². The molecular weight excluding hydrogens is 376 g/mol. The van der Waals surface area contributed by atoms with Crippen molar-refractivity contribution in [3.8, 4) is 5.75 Å². The molecule has 2 aromatic carbocycles. The van der Waals surface area contributed by atoms with E-state index in [4.69, 9.17) is 4.74 Å². The molecule has 2 aromatic rings. The van der Waals surface area contributed by atoms with Gasteiger partial charge in [-0.1, -0.05) is 19.1 Å². The summed E-state index contributed by atoms with van der Waals surface area (Å²) < 4.78 is 33.8. The molecule has 7 heteroatoms. The summed E-state index contributed by atoms with van der Waals surface area (Å²) in [6.45, 7) is 9.55. The fraction of sp³-hybridized carbons (Fsp3) is 0.381. The Bertz CT molecular complexity index is 984. The Labute approximate surface area is 167 Å². The second kappa shape index (κ2) is 8.75. The van der Waals surface area contributed by atoms with E-state index in [2.05, 4.69) is 16.1 Å². The lowest BCUT2D eigenvalue weighted by molar-refractivity contribution is -0.115. The highest BCUT2D eigenvalue weighted by molar-refractivity contribution is 7.89. The average Bonchev–Trinajstić information content (AvgIpc) is 2.64. The molecule has 6 nitrogen and oxygen atoms in total. The Hall–Kier alpha value is -2.38. The number of amides is 1. The fourth-order valence-electron chi connectivity index (χ4n) is 3.00. The number of carbonyl (C=O) groups is 1. The molecule has 1 atom stereocenters. The molecule has 1 amide bonds. The molecule has 0 unspecified atom stereocenters. The van der Waals surface area contributed by atoms with Gasteiger partial charge in [-0.25, -0.2) is 13.1 Å². The van der Waals surface area contributed by atoms with Gasteiger partial charge in [0, 0.05) is 12.5 Å². The van der Waals surface area contributed by atoms with Crippen LogP contribution in [0, 0.1) is 20.8 Å². The zero-order valence-electron chi connectivity index (χ0n) is 17.2. The number of ether oxygens (including phenoxy) is 1. The molecule has 0 bridgehead atoms. The summed E-state index contributed by atoms with van der Waals surface area (Å²) in [6, 6.07) is 8.07. The number of rotatable bonds is 7. The van der Waals surface area contributed by atoms with Crippen molar-refractivity contribution in [1.82, 2.24) is 4.72 Å². The molecule has 0 saturated heterocycles. The smallest absolute Gasteiger partial charge is 0.241 e. The summed E-state index contributed by atoms with van der Waals surface area (Å²) in [5, 5.41) is 2.68. The average molecular weight is 405 g/mol. The molecule has 0 saturated carbocycles. The molecule has 0 heterocycles. The Kier molecular flexibility index (Phi) is 6.85. The van der Waals surface area contributed by atoms with Crippen molar-refractivity contribution < 1.29 is 17.9 Å². The molecule has 0 aliphatic carbocycles. The number of anilines is 1. The van der Waals surface area contributed by atoms with Gasteiger partial charge in [0.2, 0.25) is 15.9 Å². The number of carbonyl (C=O) groups excluding carboxylic acids is 1. The number of hydrogen-bond acceptors (Lipinski definition) is 4. The van der Waals surface area contributed by atoms with E-state index in [1.165, 1.54) is 30.9 Å². The van der Waals surface area contributed by atoms with Crippen molar-refractivity contribution in [3.05, 3.63) is 52.6 Å². The van der Waals surface area contributed by atoms with Crippen molar-refractivity contribution in [2.75, 3.05) is 12.4 Å². The Morgan fingerprint density at radius 2 is 1.71 bits per heavy atom. The predicted molar refractivity (Wildman–Crippen MR) is 111 cm³/mol. The maximum Gasteiger partial charge on any atom is 0.241 e. The van der Waals surface area contributed by atoms with Gasteiger partial charge in [0.05, 0.1) is 17.7 Å². The summed E-state index contributed by atoms with van der Waals surface area (Å²) in [6.07, 6.45) is 0.279. The lowest BCUT2D eigenvalue weighted by Crippen LogP contribution is -2.27. The summed E-state index contributed by atoms with van der Waals surface area (Å²) in [5.74, 6) is 0.179. The van der Waals surface area contributed by atoms with Crippen molar-refractivity contribution in [3.63, 3.8) is 0 Å². The summed E-state index contributed by atoms with van der Waals surface area (Å²) in [5.41, 5.74) is 4.57. The van der Waals surface area contributed by atoms with Crippen LogP contribution in [-0.2, 0) is 14.8 Å². The minimum atomic E-state index is -3.79. The molecule has 0 fully saturated rings. The van der Waals surface area contributed by atoms with E-state index >= 15 is 0 Å². The maximum absolute atomic E-state index is 12.9. The molecule has 0 spiro atoms. The highest BCUT2D eigenvalue weighted by Crippen LogP contribution is 2.29. The number of nitrogens with one attached hydrogen (secondary N) is 2. The first-order chi connectivity index (χ1) is 13.1. The SMILES string of the molecule is CCC(=O)Nc1cc(S(=O)(=O)N[C@H](C)c2cc(C)c(C)cc2C)ccc1OC. The van der Waals surface area contributed by atoms with E-state index in [9.17, 15) is 13.2 Å². The van der Waals surface area contributed by atoms with Crippen molar-refractivity contribution in [1.29, 1.82) is 0 Å². The second-order valence-corrected chi connectivity index (χ2v) is 8.61. The third kappa shape index (κ3) is 4.91. The Balaban J connectivity index is 2.35. The van der Waals surface area contributed by atoms with Gasteiger partial charge in [0.1, 0.15) is 5.75 Å². The number of methoxy groups -OCH3 is 1. The van der Waals surface area contributed by atoms with E-state index in [1.807, 2.05) is 33.8 Å². The number of sulfonamides is 1. The Morgan fingerprint density at radius 3 is 2.32 bits per heavy atom. The van der Waals surface area contributed by atoms with Crippen LogP contribution in [0.1, 0.15) is 48.6 Å². The van der Waals surface area contributed by atoms with E-state index in [-0.39, 0.29) is 17.2 Å². The maximum atomic E-state index is 12.9. The zero-order valence-corrected chi connectivity index (χ0v) is 18.0. The monoisotopic (exact) mass is 404 g/mol. The van der Waals surface area contributed by atoms with Crippen LogP contribution in [0.3, 0.4) is 0 Å². The first kappa shape index (κ1) is 21.9. The van der Waals surface area contributed by atoms with Crippen LogP contribution in [-0.4, -0.2) is 21.4 Å². The van der Waals surface area contributed by atoms with Crippen LogP contribution in [0.2, 0.25) is 0 Å². The van der Waals surface area contributed by atoms with Gasteiger partial charge in [0.25, 0.3) is 0 Å². The van der Waals surface area contributed by atoms with Crippen LogP contribution >= 0.6 is 0 Å². The summed E-state index contributed by atoms with van der Waals surface area (Å²) >= 11 is 0. The number of hydrogen-bond donors (Lipinski definition) is 2. The largest absolute Gasteiger partial charge is 0.495 e. The summed E-state index contributed by atoms with van der Waals surface area (Å²) in [4.78, 5) is 11.8. The molecule has 0 aliphatic heterocycles. The van der Waals surface area contributed by atoms with E-state index in [0.717, 1.165) is 16.7 Å². The van der Waals surface area contributed by atoms with Crippen LogP contribution in [0.4, 0.5) is 5.69 Å². The molecule has 2 rings (SSSR count). The quantitative estimate of drug-likeness (QED) is 0.730. The Morgan fingerprint density at radius 1 is 1.07 bits per heavy atom. The van der Waals surface area contributed by atoms with Gasteiger partial charge in [-0.2, -0.15) is 0 Å². The third-order valence-electron chi connectivity index (χ3n) is 4.76. The van der Waals surface area contributed by atoms with Crippen LogP contribution in [0.5, 0.6) is 5.75 Å². The van der Waals surface area contributed by atoms with E-state index in [1.54, 1.807) is 6.92 Å². The fourth-order valence-corrected chi connectivity index (χ4v) is 4.25. The molecule has 0 aliphatic rings. The molecular formula is C21H28N2O4S. The van der Waals surface area contributed by atoms with Gasteiger partial charge < -0.3 is 10.1 Å². The van der Waals surface area contributed by atoms with Gasteiger partial charge in [-0.15, -0.1) is 0 Å². The van der Waals surface area contributed by atoms with Crippen LogP contribution in [0.15, 0.2) is 35.2 Å². The molecule has 28 heavy (non-hydrogen) atoms. The highest BCUT2D eigenvalue weighted by atomic mass is 32.2. The predicted octanol–water partition coefficient (Wildman–Crippen LogP) is 4.01. The van der Waals surface area contributed by atoms with Crippen molar-refractivity contribution >= 4 is 21.6 Å². The van der Waals surface area contributed by atoms with Crippen molar-refractivity contribution in [2.24, 2.45) is 0 Å². The van der Waals surface area contributed by atoms with E-state index in [0.29, 0.717) is 11.4 Å². The van der Waals surface area contributed by atoms with E-state index < -0.39 is 16.1 Å². The lowest BCUT2D eigenvalue weighted by Gasteiger charge is -2.19. The normalized spacial score (nSPS) is 12.5. The molecule has 152 valence electrons.